The van der Waals surface area contributed by atoms with E-state index in [9.17, 15) is 0 Å². The first-order valence-electron chi connectivity index (χ1n) is 20.1. The standard InChI is InChI=1S/C56H38OS/c1-32(35-18-23-43-50(29-35)56(3,4)49-24-20-34-11-5-6-12-38(34)55(43)49)17-25-51-33(2)44-27-37(21-26-52(44)57-51)36-19-22-41-45(28-36)39-13-7-8-14-40(39)47-31-54-48(30-46(41)47)42-15-9-10-16-53(42)58-54/h5-31H,1H2,2-4H3/b25-17-. The first-order chi connectivity index (χ1) is 28.3. The molecule has 0 N–H and O–H groups in total. The van der Waals surface area contributed by atoms with Gasteiger partial charge in [0.25, 0.3) is 0 Å². The van der Waals surface area contributed by atoms with Gasteiger partial charge in [-0.1, -0.05) is 136 Å². The van der Waals surface area contributed by atoms with Crippen LogP contribution >= 0.6 is 11.3 Å². The van der Waals surface area contributed by atoms with Gasteiger partial charge >= 0.3 is 0 Å². The van der Waals surface area contributed by atoms with Crippen LogP contribution in [0.5, 0.6) is 0 Å². The molecule has 0 unspecified atom stereocenters. The predicted molar refractivity (Wildman–Crippen MR) is 251 cm³/mol. The molecule has 0 amide bonds. The predicted octanol–water partition coefficient (Wildman–Crippen LogP) is 16.4. The summed E-state index contributed by atoms with van der Waals surface area (Å²) < 4.78 is 9.15. The Hall–Kier alpha value is -6.74. The van der Waals surface area contributed by atoms with E-state index < -0.39 is 0 Å². The molecule has 0 saturated heterocycles. The van der Waals surface area contributed by atoms with Gasteiger partial charge in [-0.05, 0) is 143 Å². The van der Waals surface area contributed by atoms with E-state index in [0.717, 1.165) is 33.4 Å². The van der Waals surface area contributed by atoms with Crippen LogP contribution in [0.15, 0.2) is 169 Å². The Morgan fingerprint density at radius 2 is 1.22 bits per heavy atom. The van der Waals surface area contributed by atoms with Crippen LogP contribution in [0.25, 0.3) is 108 Å². The summed E-state index contributed by atoms with van der Waals surface area (Å²) in [6.45, 7) is 11.4. The molecule has 1 nitrogen and oxygen atoms in total. The second kappa shape index (κ2) is 12.1. The lowest BCUT2D eigenvalue weighted by Crippen LogP contribution is -2.15. The van der Waals surface area contributed by atoms with Crippen molar-refractivity contribution in [3.05, 3.63) is 192 Å². The van der Waals surface area contributed by atoms with Crippen LogP contribution in [-0.4, -0.2) is 0 Å². The lowest BCUT2D eigenvalue weighted by Gasteiger charge is -2.22. The Bertz CT molecular complexity index is 3620. The average Bonchev–Trinajstić information content (AvgIpc) is 3.87. The van der Waals surface area contributed by atoms with Gasteiger partial charge in [0.05, 0.1) is 0 Å². The van der Waals surface area contributed by atoms with Crippen molar-refractivity contribution in [2.75, 3.05) is 0 Å². The molecule has 9 aromatic carbocycles. The molecule has 11 aromatic rings. The minimum absolute atomic E-state index is 0.0974. The number of aryl methyl sites for hydroxylation is 1. The van der Waals surface area contributed by atoms with Crippen LogP contribution in [-0.2, 0) is 5.41 Å². The summed E-state index contributed by atoms with van der Waals surface area (Å²) in [5.41, 5.74) is 11.8. The summed E-state index contributed by atoms with van der Waals surface area (Å²) in [6, 6.07) is 56.2. The molecule has 0 aliphatic heterocycles. The Balaban J connectivity index is 0.899. The van der Waals surface area contributed by atoms with Gasteiger partial charge in [-0.3, -0.25) is 0 Å². The topological polar surface area (TPSA) is 13.1 Å². The number of benzene rings is 9. The zero-order valence-electron chi connectivity index (χ0n) is 32.6. The third-order valence-corrected chi connectivity index (χ3v) is 14.1. The van der Waals surface area contributed by atoms with Gasteiger partial charge in [0, 0.05) is 36.5 Å². The molecule has 0 fully saturated rings. The van der Waals surface area contributed by atoms with Crippen molar-refractivity contribution in [1.29, 1.82) is 0 Å². The number of hydrogen-bond acceptors (Lipinski definition) is 2. The van der Waals surface area contributed by atoms with E-state index in [1.165, 1.54) is 96.6 Å². The monoisotopic (exact) mass is 758 g/mol. The molecule has 2 aromatic heterocycles. The molecule has 2 heterocycles. The Morgan fingerprint density at radius 1 is 0.552 bits per heavy atom. The van der Waals surface area contributed by atoms with Crippen molar-refractivity contribution in [2.45, 2.75) is 26.2 Å². The van der Waals surface area contributed by atoms with Crippen LogP contribution in [0.2, 0.25) is 0 Å². The number of hydrogen-bond donors (Lipinski definition) is 0. The van der Waals surface area contributed by atoms with E-state index in [-0.39, 0.29) is 5.41 Å². The summed E-state index contributed by atoms with van der Waals surface area (Å²) in [5, 5.41) is 14.1. The fraction of sp³-hybridized carbons (Fsp3) is 0.0714. The van der Waals surface area contributed by atoms with Crippen molar-refractivity contribution in [3.8, 4) is 22.3 Å². The first-order valence-corrected chi connectivity index (χ1v) is 20.9. The average molecular weight is 759 g/mol. The van der Waals surface area contributed by atoms with E-state index in [1.807, 2.05) is 11.3 Å². The summed E-state index contributed by atoms with van der Waals surface area (Å²) in [5.74, 6) is 0.858. The Morgan fingerprint density at radius 3 is 2.05 bits per heavy atom. The lowest BCUT2D eigenvalue weighted by atomic mass is 9.81. The normalized spacial score (nSPS) is 13.6. The molecular weight excluding hydrogens is 721 g/mol. The highest BCUT2D eigenvalue weighted by atomic mass is 32.1. The molecule has 0 atom stereocenters. The largest absolute Gasteiger partial charge is 0.456 e. The summed E-state index contributed by atoms with van der Waals surface area (Å²) in [7, 11) is 0. The van der Waals surface area contributed by atoms with Gasteiger partial charge in [0.2, 0.25) is 0 Å². The second-order valence-corrected chi connectivity index (χ2v) is 17.6. The SMILES string of the molecule is C=C(/C=C\c1oc2ccc(-c3ccc4c(c3)c3ccccc3c3cc5sc6ccccc6c5cc43)cc2c1C)c1ccc2c(c1)C(C)(C)c1ccc3ccccc3c1-2. The Labute approximate surface area is 340 Å². The van der Waals surface area contributed by atoms with Crippen molar-refractivity contribution in [2.24, 2.45) is 0 Å². The highest BCUT2D eigenvalue weighted by Crippen LogP contribution is 2.52. The zero-order chi connectivity index (χ0) is 38.9. The number of furan rings is 1. The number of thiophene rings is 1. The third kappa shape index (κ3) is 4.76. The number of rotatable bonds is 4. The van der Waals surface area contributed by atoms with Crippen LogP contribution in [0.3, 0.4) is 0 Å². The van der Waals surface area contributed by atoms with E-state index in [4.69, 9.17) is 4.42 Å². The molecule has 274 valence electrons. The van der Waals surface area contributed by atoms with Crippen molar-refractivity contribution in [1.82, 2.24) is 0 Å². The molecule has 2 heteroatoms. The highest BCUT2D eigenvalue weighted by molar-refractivity contribution is 7.25. The summed E-state index contributed by atoms with van der Waals surface area (Å²) >= 11 is 1.88. The minimum atomic E-state index is -0.0974. The fourth-order valence-electron chi connectivity index (χ4n) is 9.91. The minimum Gasteiger partial charge on any atom is -0.456 e. The van der Waals surface area contributed by atoms with E-state index >= 15 is 0 Å². The van der Waals surface area contributed by atoms with Crippen LogP contribution in [0.4, 0.5) is 0 Å². The van der Waals surface area contributed by atoms with Crippen molar-refractivity contribution >= 4 is 97.2 Å². The molecule has 0 bridgehead atoms. The zero-order valence-corrected chi connectivity index (χ0v) is 33.4. The van der Waals surface area contributed by atoms with Crippen LogP contribution in [0.1, 0.15) is 41.9 Å². The third-order valence-electron chi connectivity index (χ3n) is 13.0. The van der Waals surface area contributed by atoms with Gasteiger partial charge in [-0.15, -0.1) is 11.3 Å². The highest BCUT2D eigenvalue weighted by Gasteiger charge is 2.36. The maximum absolute atomic E-state index is 6.47. The molecule has 0 spiro atoms. The van der Waals surface area contributed by atoms with Crippen molar-refractivity contribution in [3.63, 3.8) is 0 Å². The maximum atomic E-state index is 6.47. The van der Waals surface area contributed by atoms with Crippen molar-refractivity contribution < 1.29 is 4.42 Å². The van der Waals surface area contributed by atoms with Gasteiger partial charge in [0.15, 0.2) is 0 Å². The molecule has 58 heavy (non-hydrogen) atoms. The molecular formula is C56H38OS. The molecule has 0 saturated carbocycles. The van der Waals surface area contributed by atoms with Gasteiger partial charge in [0.1, 0.15) is 11.3 Å². The van der Waals surface area contributed by atoms with Gasteiger partial charge in [-0.2, -0.15) is 0 Å². The quantitative estimate of drug-likeness (QED) is 0.129. The van der Waals surface area contributed by atoms with E-state index in [0.29, 0.717) is 0 Å². The second-order valence-electron chi connectivity index (χ2n) is 16.6. The summed E-state index contributed by atoms with van der Waals surface area (Å²) in [6.07, 6.45) is 4.18. The fourth-order valence-corrected chi connectivity index (χ4v) is 11.0. The molecule has 1 aliphatic carbocycles. The summed E-state index contributed by atoms with van der Waals surface area (Å²) in [4.78, 5) is 0. The van der Waals surface area contributed by atoms with E-state index in [1.54, 1.807) is 0 Å². The first kappa shape index (κ1) is 33.4. The molecule has 1 aliphatic rings. The maximum Gasteiger partial charge on any atom is 0.135 e. The lowest BCUT2D eigenvalue weighted by molar-refractivity contribution is 0.601. The molecule has 12 rings (SSSR count). The number of fused-ring (bicyclic) bond motifs is 15. The van der Waals surface area contributed by atoms with Gasteiger partial charge in [-0.25, -0.2) is 0 Å². The molecule has 0 radical (unpaired) electrons. The van der Waals surface area contributed by atoms with Crippen LogP contribution in [0, 0.1) is 6.92 Å². The van der Waals surface area contributed by atoms with Crippen LogP contribution < -0.4 is 0 Å². The smallest absolute Gasteiger partial charge is 0.135 e. The Kier molecular flexibility index (Phi) is 6.99. The number of allylic oxidation sites excluding steroid dienone is 2. The van der Waals surface area contributed by atoms with E-state index in [2.05, 4.69) is 191 Å². The van der Waals surface area contributed by atoms with Gasteiger partial charge < -0.3 is 4.42 Å².